The van der Waals surface area contributed by atoms with E-state index in [1.165, 1.54) is 31.4 Å². The quantitative estimate of drug-likeness (QED) is 0.930. The molecule has 20 heavy (non-hydrogen) atoms. The van der Waals surface area contributed by atoms with Gasteiger partial charge in [0.15, 0.2) is 23.2 Å². The van der Waals surface area contributed by atoms with Crippen LogP contribution in [0.15, 0.2) is 30.3 Å². The Morgan fingerprint density at radius 3 is 2.45 bits per heavy atom. The van der Waals surface area contributed by atoms with Crippen molar-refractivity contribution in [3.05, 3.63) is 53.3 Å². The normalized spacial score (nSPS) is 9.95. The summed E-state index contributed by atoms with van der Waals surface area (Å²) in [5, 5.41) is 11.1. The monoisotopic (exact) mass is 278 g/mol. The van der Waals surface area contributed by atoms with Gasteiger partial charge in [0.1, 0.15) is 6.07 Å². The van der Waals surface area contributed by atoms with Gasteiger partial charge in [-0.2, -0.15) is 5.26 Å². The first kappa shape index (κ1) is 13.7. The molecule has 0 amide bonds. The number of anilines is 2. The molecule has 0 fully saturated rings. The summed E-state index contributed by atoms with van der Waals surface area (Å²) in [4.78, 5) is 0. The average Bonchev–Trinajstić information content (AvgIpc) is 2.44. The summed E-state index contributed by atoms with van der Waals surface area (Å²) >= 11 is 0. The van der Waals surface area contributed by atoms with Crippen LogP contribution in [0.4, 0.5) is 24.5 Å². The van der Waals surface area contributed by atoms with Crippen molar-refractivity contribution in [1.82, 2.24) is 0 Å². The van der Waals surface area contributed by atoms with Crippen LogP contribution in [0.3, 0.4) is 0 Å². The molecule has 2 rings (SSSR count). The van der Waals surface area contributed by atoms with E-state index < -0.39 is 23.0 Å². The molecule has 1 N–H and O–H groups in total. The van der Waals surface area contributed by atoms with Crippen LogP contribution in [0.25, 0.3) is 0 Å². The summed E-state index contributed by atoms with van der Waals surface area (Å²) in [6.07, 6.45) is 0. The molecule has 0 atom stereocenters. The molecule has 0 saturated carbocycles. The lowest BCUT2D eigenvalue weighted by Crippen LogP contribution is -1.99. The number of methoxy groups -OCH3 is 1. The molecule has 2 aromatic carbocycles. The van der Waals surface area contributed by atoms with Gasteiger partial charge in [0, 0.05) is 11.8 Å². The molecule has 102 valence electrons. The van der Waals surface area contributed by atoms with Crippen molar-refractivity contribution in [3.63, 3.8) is 0 Å². The highest BCUT2D eigenvalue weighted by Gasteiger charge is 2.13. The summed E-state index contributed by atoms with van der Waals surface area (Å²) in [5.74, 6) is -3.03. The van der Waals surface area contributed by atoms with Crippen molar-refractivity contribution in [1.29, 1.82) is 5.26 Å². The fraction of sp³-hybridized carbons (Fsp3) is 0.0714. The first-order valence-corrected chi connectivity index (χ1v) is 5.55. The molecule has 0 spiro atoms. The van der Waals surface area contributed by atoms with E-state index >= 15 is 0 Å². The van der Waals surface area contributed by atoms with Gasteiger partial charge in [0.05, 0.1) is 18.4 Å². The summed E-state index contributed by atoms with van der Waals surface area (Å²) in [7, 11) is 1.32. The number of nitriles is 1. The zero-order chi connectivity index (χ0) is 14.7. The van der Waals surface area contributed by atoms with Gasteiger partial charge in [0.2, 0.25) is 0 Å². The van der Waals surface area contributed by atoms with E-state index in [9.17, 15) is 13.2 Å². The first-order valence-electron chi connectivity index (χ1n) is 5.55. The highest BCUT2D eigenvalue weighted by atomic mass is 19.2. The van der Waals surface area contributed by atoms with Gasteiger partial charge in [-0.05, 0) is 24.3 Å². The fourth-order valence-electron chi connectivity index (χ4n) is 1.63. The van der Waals surface area contributed by atoms with Crippen LogP contribution in [0, 0.1) is 28.8 Å². The number of benzene rings is 2. The molecule has 0 aliphatic rings. The minimum atomic E-state index is -1.24. The van der Waals surface area contributed by atoms with Crippen LogP contribution in [0.2, 0.25) is 0 Å². The largest absolute Gasteiger partial charge is 0.494 e. The second-order valence-corrected chi connectivity index (χ2v) is 3.87. The molecule has 6 heteroatoms. The van der Waals surface area contributed by atoms with Gasteiger partial charge in [0.25, 0.3) is 0 Å². The van der Waals surface area contributed by atoms with Crippen molar-refractivity contribution in [3.8, 4) is 11.8 Å². The van der Waals surface area contributed by atoms with Gasteiger partial charge in [-0.15, -0.1) is 0 Å². The van der Waals surface area contributed by atoms with E-state index in [0.29, 0.717) is 0 Å². The zero-order valence-electron chi connectivity index (χ0n) is 10.4. The number of hydrogen-bond donors (Lipinski definition) is 1. The number of hydrogen-bond acceptors (Lipinski definition) is 3. The predicted octanol–water partition coefficient (Wildman–Crippen LogP) is 3.73. The van der Waals surface area contributed by atoms with E-state index in [1.54, 1.807) is 0 Å². The molecule has 2 aromatic rings. The molecule has 0 heterocycles. The van der Waals surface area contributed by atoms with E-state index in [-0.39, 0.29) is 17.1 Å². The van der Waals surface area contributed by atoms with Gasteiger partial charge in [-0.3, -0.25) is 0 Å². The van der Waals surface area contributed by atoms with Crippen LogP contribution in [-0.2, 0) is 0 Å². The molecular formula is C14H9F3N2O. The lowest BCUT2D eigenvalue weighted by molar-refractivity contribution is 0.386. The second kappa shape index (κ2) is 5.53. The molecule has 0 saturated heterocycles. The van der Waals surface area contributed by atoms with E-state index in [0.717, 1.165) is 12.1 Å². The number of rotatable bonds is 3. The Bertz CT molecular complexity index is 696. The van der Waals surface area contributed by atoms with Crippen molar-refractivity contribution in [2.45, 2.75) is 0 Å². The maximum atomic E-state index is 13.7. The third kappa shape index (κ3) is 2.52. The van der Waals surface area contributed by atoms with Crippen molar-refractivity contribution in [2.24, 2.45) is 0 Å². The smallest absolute Gasteiger partial charge is 0.183 e. The minimum absolute atomic E-state index is 0.0435. The number of nitrogens with zero attached hydrogens (tertiary/aromatic N) is 1. The second-order valence-electron chi connectivity index (χ2n) is 3.87. The third-order valence-corrected chi connectivity index (χ3v) is 2.63. The molecule has 0 aromatic heterocycles. The van der Waals surface area contributed by atoms with Crippen molar-refractivity contribution < 1.29 is 17.9 Å². The van der Waals surface area contributed by atoms with Crippen LogP contribution in [0.1, 0.15) is 5.56 Å². The van der Waals surface area contributed by atoms with Crippen LogP contribution in [0.5, 0.6) is 5.75 Å². The Balaban J connectivity index is 2.34. The first-order chi connectivity index (χ1) is 9.56. The van der Waals surface area contributed by atoms with Crippen LogP contribution >= 0.6 is 0 Å². The SMILES string of the molecule is COc1ccc(Nc2ccc(C#N)c(F)c2F)cc1F. The topological polar surface area (TPSA) is 45.0 Å². The number of halogens is 3. The summed E-state index contributed by atoms with van der Waals surface area (Å²) < 4.78 is 45.3. The maximum absolute atomic E-state index is 13.7. The average molecular weight is 278 g/mol. The lowest BCUT2D eigenvalue weighted by Gasteiger charge is -2.10. The van der Waals surface area contributed by atoms with Crippen molar-refractivity contribution in [2.75, 3.05) is 12.4 Å². The van der Waals surface area contributed by atoms with Gasteiger partial charge < -0.3 is 10.1 Å². The fourth-order valence-corrected chi connectivity index (χ4v) is 1.63. The van der Waals surface area contributed by atoms with E-state index in [2.05, 4.69) is 5.32 Å². The molecule has 0 radical (unpaired) electrons. The van der Waals surface area contributed by atoms with Crippen LogP contribution in [-0.4, -0.2) is 7.11 Å². The third-order valence-electron chi connectivity index (χ3n) is 2.63. The summed E-state index contributed by atoms with van der Waals surface area (Å²) in [6, 6.07) is 7.78. The number of nitrogens with one attached hydrogen (secondary N) is 1. The Hall–Kier alpha value is -2.68. The maximum Gasteiger partial charge on any atom is 0.183 e. The zero-order valence-corrected chi connectivity index (χ0v) is 10.4. The summed E-state index contributed by atoms with van der Waals surface area (Å²) in [6.45, 7) is 0. The molecule has 0 aliphatic carbocycles. The lowest BCUT2D eigenvalue weighted by atomic mass is 10.2. The highest BCUT2D eigenvalue weighted by molar-refractivity contribution is 5.62. The molecular weight excluding hydrogens is 269 g/mol. The molecule has 0 bridgehead atoms. The predicted molar refractivity (Wildman–Crippen MR) is 67.3 cm³/mol. The Labute approximate surface area is 113 Å². The standard InChI is InChI=1S/C14H9F3N2O/c1-20-12-5-3-9(6-10(12)15)19-11-4-2-8(7-18)13(16)14(11)17/h2-6,19H,1H3. The Kier molecular flexibility index (Phi) is 3.80. The van der Waals surface area contributed by atoms with E-state index in [4.69, 9.17) is 10.00 Å². The Morgan fingerprint density at radius 2 is 1.85 bits per heavy atom. The van der Waals surface area contributed by atoms with Gasteiger partial charge in [-0.1, -0.05) is 0 Å². The Morgan fingerprint density at radius 1 is 1.10 bits per heavy atom. The molecule has 0 aliphatic heterocycles. The molecule has 0 unspecified atom stereocenters. The highest BCUT2D eigenvalue weighted by Crippen LogP contribution is 2.26. The van der Waals surface area contributed by atoms with Gasteiger partial charge >= 0.3 is 0 Å². The summed E-state index contributed by atoms with van der Waals surface area (Å²) in [5.41, 5.74) is -0.355. The molecule has 3 nitrogen and oxygen atoms in total. The van der Waals surface area contributed by atoms with Crippen molar-refractivity contribution >= 4 is 11.4 Å². The van der Waals surface area contributed by atoms with Crippen LogP contribution < -0.4 is 10.1 Å². The van der Waals surface area contributed by atoms with E-state index in [1.807, 2.05) is 0 Å². The van der Waals surface area contributed by atoms with Gasteiger partial charge in [-0.25, -0.2) is 13.2 Å². The minimum Gasteiger partial charge on any atom is -0.494 e. The number of ether oxygens (including phenoxy) is 1.